The number of hydrogen-bond acceptors (Lipinski definition) is 6. The molecule has 0 N–H and O–H groups in total. The van der Waals surface area contributed by atoms with Gasteiger partial charge in [0.1, 0.15) is 24.0 Å². The van der Waals surface area contributed by atoms with Crippen molar-refractivity contribution in [1.82, 2.24) is 19.5 Å². The first kappa shape index (κ1) is 18.8. The molecule has 0 amide bonds. The van der Waals surface area contributed by atoms with Gasteiger partial charge in [0.2, 0.25) is 0 Å². The number of pyridine rings is 1. The summed E-state index contributed by atoms with van der Waals surface area (Å²) >= 11 is 0. The van der Waals surface area contributed by atoms with Gasteiger partial charge in [-0.3, -0.25) is 0 Å². The van der Waals surface area contributed by atoms with Crippen LogP contribution in [0.1, 0.15) is 12.8 Å². The largest absolute Gasteiger partial charge is 0.490 e. The van der Waals surface area contributed by atoms with E-state index in [0.29, 0.717) is 6.61 Å². The summed E-state index contributed by atoms with van der Waals surface area (Å²) in [6.45, 7) is 3.33. The number of methoxy groups -OCH3 is 1. The fourth-order valence-corrected chi connectivity index (χ4v) is 4.18. The molecular formula is C23H25N5O2. The van der Waals surface area contributed by atoms with Crippen LogP contribution in [0.5, 0.6) is 5.75 Å². The average Bonchev–Trinajstić information content (AvgIpc) is 3.22. The van der Waals surface area contributed by atoms with Gasteiger partial charge in [-0.05, 0) is 30.3 Å². The van der Waals surface area contributed by atoms with Gasteiger partial charge in [0.15, 0.2) is 5.65 Å². The molecular weight excluding hydrogens is 378 g/mol. The van der Waals surface area contributed by atoms with E-state index in [4.69, 9.17) is 9.47 Å². The second kappa shape index (κ2) is 8.28. The maximum Gasteiger partial charge on any atom is 0.164 e. The van der Waals surface area contributed by atoms with Crippen LogP contribution in [0.3, 0.4) is 0 Å². The molecule has 4 aromatic rings. The van der Waals surface area contributed by atoms with Crippen molar-refractivity contribution in [3.05, 3.63) is 55.1 Å². The predicted octanol–water partition coefficient (Wildman–Crippen LogP) is 3.67. The lowest BCUT2D eigenvalue weighted by Crippen LogP contribution is -2.38. The lowest BCUT2D eigenvalue weighted by atomic mass is 10.1. The quantitative estimate of drug-likeness (QED) is 0.489. The summed E-state index contributed by atoms with van der Waals surface area (Å²) in [7, 11) is 1.73. The van der Waals surface area contributed by atoms with Crippen molar-refractivity contribution in [3.63, 3.8) is 0 Å². The molecule has 5 rings (SSSR count). The Labute approximate surface area is 175 Å². The van der Waals surface area contributed by atoms with E-state index in [1.54, 1.807) is 19.6 Å². The standard InChI is InChI=1S/C23H25N5O2/c1-29-15-14-27-13-9-18-20(27)5-2-6-21(18)30-17-7-11-28(12-8-17)23-19-4-3-10-24-22(19)25-16-26-23/h2-6,9-10,13,16-17H,7-8,11-12,14-15H2,1H3. The van der Waals surface area contributed by atoms with Gasteiger partial charge < -0.3 is 18.9 Å². The fraction of sp³-hybridized carbons (Fsp3) is 0.348. The highest BCUT2D eigenvalue weighted by Gasteiger charge is 2.23. The number of anilines is 1. The predicted molar refractivity (Wildman–Crippen MR) is 117 cm³/mol. The number of ether oxygens (including phenoxy) is 2. The third kappa shape index (κ3) is 3.57. The van der Waals surface area contributed by atoms with Gasteiger partial charge in [-0.25, -0.2) is 15.0 Å². The molecule has 7 nitrogen and oxygen atoms in total. The van der Waals surface area contributed by atoms with E-state index in [0.717, 1.165) is 60.5 Å². The highest BCUT2D eigenvalue weighted by Crippen LogP contribution is 2.30. The number of nitrogens with zero attached hydrogens (tertiary/aromatic N) is 5. The molecule has 1 aliphatic rings. The first-order valence-corrected chi connectivity index (χ1v) is 10.4. The highest BCUT2D eigenvalue weighted by molar-refractivity contribution is 5.87. The molecule has 0 atom stereocenters. The van der Waals surface area contributed by atoms with E-state index in [-0.39, 0.29) is 6.10 Å². The number of benzene rings is 1. The third-order valence-corrected chi connectivity index (χ3v) is 5.73. The van der Waals surface area contributed by atoms with Gasteiger partial charge in [-0.15, -0.1) is 0 Å². The van der Waals surface area contributed by atoms with Gasteiger partial charge in [-0.2, -0.15) is 0 Å². The Morgan fingerprint density at radius 2 is 1.90 bits per heavy atom. The van der Waals surface area contributed by atoms with E-state index in [9.17, 15) is 0 Å². The molecule has 1 saturated heterocycles. The van der Waals surface area contributed by atoms with Crippen LogP contribution in [-0.4, -0.2) is 52.4 Å². The number of aromatic nitrogens is 4. The van der Waals surface area contributed by atoms with Crippen molar-refractivity contribution in [3.8, 4) is 5.75 Å². The monoisotopic (exact) mass is 403 g/mol. The molecule has 7 heteroatoms. The summed E-state index contributed by atoms with van der Waals surface area (Å²) in [6, 6.07) is 12.4. The fourth-order valence-electron chi connectivity index (χ4n) is 4.18. The number of fused-ring (bicyclic) bond motifs is 2. The molecule has 1 fully saturated rings. The summed E-state index contributed by atoms with van der Waals surface area (Å²) in [6.07, 6.45) is 7.57. The smallest absolute Gasteiger partial charge is 0.164 e. The van der Waals surface area contributed by atoms with Crippen LogP contribution >= 0.6 is 0 Å². The minimum atomic E-state index is 0.195. The van der Waals surface area contributed by atoms with Crippen molar-refractivity contribution >= 4 is 27.8 Å². The van der Waals surface area contributed by atoms with Crippen molar-refractivity contribution in [2.75, 3.05) is 31.7 Å². The number of rotatable bonds is 6. The number of hydrogen-bond donors (Lipinski definition) is 0. The number of piperidine rings is 1. The van der Waals surface area contributed by atoms with Gasteiger partial charge in [0, 0.05) is 57.4 Å². The second-order valence-corrected chi connectivity index (χ2v) is 7.57. The molecule has 30 heavy (non-hydrogen) atoms. The first-order chi connectivity index (χ1) is 14.8. The molecule has 154 valence electrons. The van der Waals surface area contributed by atoms with Crippen molar-refractivity contribution in [1.29, 1.82) is 0 Å². The van der Waals surface area contributed by atoms with E-state index in [2.05, 4.69) is 54.9 Å². The molecule has 4 heterocycles. The summed E-state index contributed by atoms with van der Waals surface area (Å²) in [5.74, 6) is 1.92. The molecule has 0 unspecified atom stereocenters. The normalized spacial score (nSPS) is 15.2. The molecule has 0 saturated carbocycles. The van der Waals surface area contributed by atoms with Gasteiger partial charge in [-0.1, -0.05) is 6.07 Å². The van der Waals surface area contributed by atoms with Crippen molar-refractivity contribution in [2.45, 2.75) is 25.5 Å². The Morgan fingerprint density at radius 3 is 2.77 bits per heavy atom. The Kier molecular flexibility index (Phi) is 5.19. The molecule has 1 aromatic carbocycles. The van der Waals surface area contributed by atoms with Crippen LogP contribution in [0.4, 0.5) is 5.82 Å². The van der Waals surface area contributed by atoms with Gasteiger partial charge in [0.05, 0.1) is 17.5 Å². The molecule has 0 aliphatic carbocycles. The zero-order valence-electron chi connectivity index (χ0n) is 17.1. The highest BCUT2D eigenvalue weighted by atomic mass is 16.5. The van der Waals surface area contributed by atoms with Crippen LogP contribution in [0, 0.1) is 0 Å². The molecule has 0 spiro atoms. The maximum atomic E-state index is 6.44. The second-order valence-electron chi connectivity index (χ2n) is 7.57. The Balaban J connectivity index is 1.29. The minimum absolute atomic E-state index is 0.195. The molecule has 0 bridgehead atoms. The molecule has 3 aromatic heterocycles. The minimum Gasteiger partial charge on any atom is -0.490 e. The lowest BCUT2D eigenvalue weighted by molar-refractivity contribution is 0.173. The van der Waals surface area contributed by atoms with Gasteiger partial charge in [0.25, 0.3) is 0 Å². The molecule has 0 radical (unpaired) electrons. The van der Waals surface area contributed by atoms with Crippen LogP contribution in [-0.2, 0) is 11.3 Å². The van der Waals surface area contributed by atoms with Gasteiger partial charge >= 0.3 is 0 Å². The maximum absolute atomic E-state index is 6.44. The summed E-state index contributed by atoms with van der Waals surface area (Å²) in [5.41, 5.74) is 1.92. The van der Waals surface area contributed by atoms with E-state index < -0.39 is 0 Å². The van der Waals surface area contributed by atoms with Crippen LogP contribution < -0.4 is 9.64 Å². The third-order valence-electron chi connectivity index (χ3n) is 5.73. The average molecular weight is 403 g/mol. The summed E-state index contributed by atoms with van der Waals surface area (Å²) < 4.78 is 13.9. The van der Waals surface area contributed by atoms with Crippen molar-refractivity contribution in [2.24, 2.45) is 0 Å². The van der Waals surface area contributed by atoms with Crippen LogP contribution in [0.15, 0.2) is 55.1 Å². The van der Waals surface area contributed by atoms with Crippen molar-refractivity contribution < 1.29 is 9.47 Å². The van der Waals surface area contributed by atoms with E-state index in [1.807, 2.05) is 12.1 Å². The molecule has 1 aliphatic heterocycles. The van der Waals surface area contributed by atoms with E-state index >= 15 is 0 Å². The summed E-state index contributed by atoms with van der Waals surface area (Å²) in [4.78, 5) is 15.5. The Bertz CT molecular complexity index is 1150. The van der Waals surface area contributed by atoms with Crippen LogP contribution in [0.2, 0.25) is 0 Å². The zero-order chi connectivity index (χ0) is 20.3. The Morgan fingerprint density at radius 1 is 1.00 bits per heavy atom. The van der Waals surface area contributed by atoms with Crippen LogP contribution in [0.25, 0.3) is 21.9 Å². The Hall–Kier alpha value is -3.19. The first-order valence-electron chi connectivity index (χ1n) is 10.4. The lowest BCUT2D eigenvalue weighted by Gasteiger charge is -2.33. The zero-order valence-corrected chi connectivity index (χ0v) is 17.1. The SMILES string of the molecule is COCCn1ccc2c(OC3CCN(c4ncnc5ncccc45)CC3)cccc21. The summed E-state index contributed by atoms with van der Waals surface area (Å²) in [5, 5.41) is 2.16. The topological polar surface area (TPSA) is 65.3 Å². The van der Waals surface area contributed by atoms with E-state index in [1.165, 1.54) is 5.52 Å².